The summed E-state index contributed by atoms with van der Waals surface area (Å²) in [6.45, 7) is 4.99. The minimum Gasteiger partial charge on any atom is -0.496 e. The van der Waals surface area contributed by atoms with Crippen LogP contribution in [0.15, 0.2) is 22.7 Å². The average molecular weight is 378 g/mol. The Morgan fingerprint density at radius 3 is 2.74 bits per heavy atom. The highest BCUT2D eigenvalue weighted by atomic mass is 79.9. The number of aromatic nitrogens is 1. The van der Waals surface area contributed by atoms with Gasteiger partial charge in [0.05, 0.1) is 17.3 Å². The normalized spacial score (nSPS) is 12.9. The van der Waals surface area contributed by atoms with Crippen molar-refractivity contribution in [3.63, 3.8) is 0 Å². The van der Waals surface area contributed by atoms with E-state index in [2.05, 4.69) is 41.9 Å². The second kappa shape index (κ2) is 6.04. The number of carboxylic acid groups (broad SMARTS) is 1. The SMILES string of the molecule is COc1cc2c(cc1Br)-c1c(CC(C)C)cc(C(=O)O)n1CC2. The molecule has 0 amide bonds. The van der Waals surface area contributed by atoms with E-state index in [1.165, 1.54) is 5.56 Å². The van der Waals surface area contributed by atoms with Crippen LogP contribution in [0, 0.1) is 5.92 Å². The fourth-order valence-electron chi connectivity index (χ4n) is 3.34. The van der Waals surface area contributed by atoms with E-state index in [1.54, 1.807) is 7.11 Å². The van der Waals surface area contributed by atoms with E-state index in [4.69, 9.17) is 4.74 Å². The summed E-state index contributed by atoms with van der Waals surface area (Å²) in [5, 5.41) is 9.52. The Kier molecular flexibility index (Phi) is 4.23. The maximum Gasteiger partial charge on any atom is 0.352 e. The molecule has 0 spiro atoms. The summed E-state index contributed by atoms with van der Waals surface area (Å²) in [6, 6.07) is 5.94. The summed E-state index contributed by atoms with van der Waals surface area (Å²) in [4.78, 5) is 11.6. The quantitative estimate of drug-likeness (QED) is 0.859. The lowest BCUT2D eigenvalue weighted by Gasteiger charge is -2.23. The number of aryl methyl sites for hydroxylation is 1. The Morgan fingerprint density at radius 2 is 2.13 bits per heavy atom. The van der Waals surface area contributed by atoms with Gasteiger partial charge in [-0.1, -0.05) is 13.8 Å². The van der Waals surface area contributed by atoms with Crippen LogP contribution < -0.4 is 4.74 Å². The van der Waals surface area contributed by atoms with Crippen molar-refractivity contribution in [3.8, 4) is 17.0 Å². The Bertz CT molecular complexity index is 777. The predicted octanol–water partition coefficient (Wildman–Crippen LogP) is 4.38. The molecule has 1 N–H and O–H groups in total. The highest BCUT2D eigenvalue weighted by Gasteiger charge is 2.26. The molecule has 0 radical (unpaired) electrons. The number of ether oxygens (including phenoxy) is 1. The maximum atomic E-state index is 11.6. The molecule has 3 rings (SSSR count). The number of hydrogen-bond acceptors (Lipinski definition) is 2. The van der Waals surface area contributed by atoms with Crippen LogP contribution in [-0.4, -0.2) is 22.8 Å². The maximum absolute atomic E-state index is 11.6. The van der Waals surface area contributed by atoms with Crippen LogP contribution in [0.3, 0.4) is 0 Å². The second-order valence-corrected chi connectivity index (χ2v) is 7.21. The number of fused-ring (bicyclic) bond motifs is 3. The van der Waals surface area contributed by atoms with Crippen molar-refractivity contribution in [2.75, 3.05) is 7.11 Å². The number of benzene rings is 1. The molecule has 0 saturated heterocycles. The highest BCUT2D eigenvalue weighted by Crippen LogP contribution is 2.40. The molecule has 0 bridgehead atoms. The largest absolute Gasteiger partial charge is 0.496 e. The first-order chi connectivity index (χ1) is 10.9. The molecule has 2 heterocycles. The van der Waals surface area contributed by atoms with Gasteiger partial charge in [-0.3, -0.25) is 0 Å². The molecular weight excluding hydrogens is 358 g/mol. The summed E-state index contributed by atoms with van der Waals surface area (Å²) < 4.78 is 8.22. The molecule has 0 unspecified atom stereocenters. The number of carbonyl (C=O) groups is 1. The minimum absolute atomic E-state index is 0.383. The molecule has 5 heteroatoms. The van der Waals surface area contributed by atoms with E-state index in [-0.39, 0.29) is 0 Å². The molecule has 1 aliphatic rings. The first-order valence-electron chi connectivity index (χ1n) is 7.74. The van der Waals surface area contributed by atoms with Gasteiger partial charge in [0.15, 0.2) is 0 Å². The van der Waals surface area contributed by atoms with Gasteiger partial charge in [0.1, 0.15) is 11.4 Å². The lowest BCUT2D eigenvalue weighted by molar-refractivity contribution is 0.0685. The lowest BCUT2D eigenvalue weighted by Crippen LogP contribution is -2.16. The summed E-state index contributed by atoms with van der Waals surface area (Å²) in [7, 11) is 1.66. The molecule has 1 aliphatic heterocycles. The number of carboxylic acids is 1. The van der Waals surface area contributed by atoms with Gasteiger partial charge in [0.2, 0.25) is 0 Å². The molecule has 1 aromatic carbocycles. The summed E-state index contributed by atoms with van der Waals surface area (Å²) in [5.41, 5.74) is 4.84. The first kappa shape index (κ1) is 16.1. The zero-order valence-electron chi connectivity index (χ0n) is 13.5. The van der Waals surface area contributed by atoms with Crippen molar-refractivity contribution in [3.05, 3.63) is 39.5 Å². The van der Waals surface area contributed by atoms with Crippen LogP contribution in [0.2, 0.25) is 0 Å². The number of methoxy groups -OCH3 is 1. The van der Waals surface area contributed by atoms with Gasteiger partial charge in [-0.15, -0.1) is 0 Å². The molecule has 0 saturated carbocycles. The summed E-state index contributed by atoms with van der Waals surface area (Å²) >= 11 is 3.55. The van der Waals surface area contributed by atoms with Crippen LogP contribution in [0.25, 0.3) is 11.3 Å². The second-order valence-electron chi connectivity index (χ2n) is 6.35. The number of aromatic carboxylic acids is 1. The zero-order valence-corrected chi connectivity index (χ0v) is 15.1. The van der Waals surface area contributed by atoms with Crippen LogP contribution in [0.4, 0.5) is 0 Å². The third-order valence-corrected chi connectivity index (χ3v) is 4.88. The molecule has 0 aliphatic carbocycles. The van der Waals surface area contributed by atoms with E-state index in [1.807, 2.05) is 10.6 Å². The number of hydrogen-bond donors (Lipinski definition) is 1. The predicted molar refractivity (Wildman–Crippen MR) is 93.3 cm³/mol. The first-order valence-corrected chi connectivity index (χ1v) is 8.54. The molecule has 23 heavy (non-hydrogen) atoms. The van der Waals surface area contributed by atoms with Crippen molar-refractivity contribution in [2.45, 2.75) is 33.2 Å². The topological polar surface area (TPSA) is 51.5 Å². The van der Waals surface area contributed by atoms with E-state index in [0.29, 0.717) is 18.2 Å². The third kappa shape index (κ3) is 2.78. The van der Waals surface area contributed by atoms with Gasteiger partial charge in [-0.25, -0.2) is 4.79 Å². The van der Waals surface area contributed by atoms with Crippen LogP contribution in [-0.2, 0) is 19.4 Å². The number of rotatable bonds is 4. The van der Waals surface area contributed by atoms with Gasteiger partial charge < -0.3 is 14.4 Å². The molecule has 1 aromatic heterocycles. The van der Waals surface area contributed by atoms with E-state index >= 15 is 0 Å². The highest BCUT2D eigenvalue weighted by molar-refractivity contribution is 9.10. The Morgan fingerprint density at radius 1 is 1.39 bits per heavy atom. The minimum atomic E-state index is -0.864. The average Bonchev–Trinajstić information content (AvgIpc) is 2.85. The van der Waals surface area contributed by atoms with Crippen LogP contribution in [0.1, 0.15) is 35.5 Å². The van der Waals surface area contributed by atoms with Gasteiger partial charge in [-0.2, -0.15) is 0 Å². The van der Waals surface area contributed by atoms with Gasteiger partial charge in [0, 0.05) is 12.1 Å². The fraction of sp³-hybridized carbons (Fsp3) is 0.389. The zero-order chi connectivity index (χ0) is 16.7. The monoisotopic (exact) mass is 377 g/mol. The Labute approximate surface area is 144 Å². The molecule has 0 atom stereocenters. The van der Waals surface area contributed by atoms with E-state index < -0.39 is 5.97 Å². The fourth-order valence-corrected chi connectivity index (χ4v) is 3.85. The summed E-state index contributed by atoms with van der Waals surface area (Å²) in [5.74, 6) is 0.417. The number of halogens is 1. The van der Waals surface area contributed by atoms with Crippen molar-refractivity contribution < 1.29 is 14.6 Å². The van der Waals surface area contributed by atoms with Crippen molar-refractivity contribution in [2.24, 2.45) is 5.92 Å². The van der Waals surface area contributed by atoms with Gasteiger partial charge in [-0.05, 0) is 64.0 Å². The van der Waals surface area contributed by atoms with Crippen LogP contribution in [0.5, 0.6) is 5.75 Å². The molecule has 122 valence electrons. The van der Waals surface area contributed by atoms with Crippen molar-refractivity contribution >= 4 is 21.9 Å². The van der Waals surface area contributed by atoms with Crippen LogP contribution >= 0.6 is 15.9 Å². The molecule has 2 aromatic rings. The van der Waals surface area contributed by atoms with Gasteiger partial charge >= 0.3 is 5.97 Å². The molecule has 4 nitrogen and oxygen atoms in total. The Hall–Kier alpha value is -1.75. The van der Waals surface area contributed by atoms with Crippen molar-refractivity contribution in [1.29, 1.82) is 0 Å². The standard InChI is InChI=1S/C18H20BrNO3/c1-10(2)6-12-7-15(18(21)22)20-5-4-11-8-16(23-3)14(19)9-13(11)17(12)20/h7-10H,4-6H2,1-3H3,(H,21,22). The molecule has 0 fully saturated rings. The third-order valence-electron chi connectivity index (χ3n) is 4.26. The van der Waals surface area contributed by atoms with Gasteiger partial charge in [0.25, 0.3) is 0 Å². The lowest BCUT2D eigenvalue weighted by atomic mass is 9.93. The van der Waals surface area contributed by atoms with Crippen molar-refractivity contribution in [1.82, 2.24) is 4.57 Å². The summed E-state index contributed by atoms with van der Waals surface area (Å²) in [6.07, 6.45) is 1.67. The smallest absolute Gasteiger partial charge is 0.352 e. The molecular formula is C18H20BrNO3. The Balaban J connectivity index is 2.23. The number of nitrogens with zero attached hydrogens (tertiary/aromatic N) is 1. The van der Waals surface area contributed by atoms with E-state index in [9.17, 15) is 9.90 Å². The van der Waals surface area contributed by atoms with E-state index in [0.717, 1.165) is 39.9 Å².